The number of hydrazone groups is 1. The van der Waals surface area contributed by atoms with Crippen LogP contribution in [0.1, 0.15) is 18.3 Å². The topological polar surface area (TPSA) is 42.2 Å². The molecule has 0 amide bonds. The molecule has 18 heavy (non-hydrogen) atoms. The molecule has 0 aliphatic heterocycles. The lowest BCUT2D eigenvalue weighted by Gasteiger charge is -2.05. The van der Waals surface area contributed by atoms with E-state index in [2.05, 4.69) is 28.6 Å². The van der Waals surface area contributed by atoms with Crippen LogP contribution >= 0.6 is 0 Å². The second-order valence-electron chi connectivity index (χ2n) is 4.41. The van der Waals surface area contributed by atoms with Crippen LogP contribution in [0.3, 0.4) is 0 Å². The molecule has 0 unspecified atom stereocenters. The molecule has 0 aliphatic carbocycles. The average molecular weight is 242 g/mol. The number of hydrogen-bond acceptors (Lipinski definition) is 3. The maximum absolute atomic E-state index is 4.41. The predicted octanol–water partition coefficient (Wildman–Crippen LogP) is 2.99. The third-order valence-electron chi connectivity index (χ3n) is 2.63. The van der Waals surface area contributed by atoms with Crippen LogP contribution in [0.5, 0.6) is 0 Å². The molecule has 0 aliphatic rings. The molecule has 0 fully saturated rings. The van der Waals surface area contributed by atoms with Gasteiger partial charge in [-0.05, 0) is 39.0 Å². The fraction of sp³-hybridized carbons (Fsp3) is 0.286. The van der Waals surface area contributed by atoms with E-state index in [1.54, 1.807) is 0 Å². The first kappa shape index (κ1) is 12.4. The summed E-state index contributed by atoms with van der Waals surface area (Å²) < 4.78 is 1.96. The Kier molecular flexibility index (Phi) is 3.77. The van der Waals surface area contributed by atoms with Crippen molar-refractivity contribution in [2.24, 2.45) is 5.10 Å². The zero-order valence-corrected chi connectivity index (χ0v) is 11.0. The van der Waals surface area contributed by atoms with Gasteiger partial charge in [-0.2, -0.15) is 10.2 Å². The lowest BCUT2D eigenvalue weighted by Crippen LogP contribution is -2.11. The first-order valence-electron chi connectivity index (χ1n) is 6.00. The number of para-hydroxylation sites is 1. The van der Waals surface area contributed by atoms with E-state index in [0.717, 1.165) is 22.8 Å². The minimum absolute atomic E-state index is 0.708. The summed E-state index contributed by atoms with van der Waals surface area (Å²) >= 11 is 0. The van der Waals surface area contributed by atoms with E-state index in [0.29, 0.717) is 6.54 Å². The first-order valence-corrected chi connectivity index (χ1v) is 6.00. The summed E-state index contributed by atoms with van der Waals surface area (Å²) in [7, 11) is 0. The molecule has 0 bridgehead atoms. The molecular formula is C14H18N4. The maximum atomic E-state index is 4.41. The minimum atomic E-state index is 0.708. The molecule has 0 saturated heterocycles. The fourth-order valence-electron chi connectivity index (χ4n) is 1.76. The van der Waals surface area contributed by atoms with Crippen molar-refractivity contribution < 1.29 is 0 Å². The number of benzene rings is 1. The Morgan fingerprint density at radius 3 is 2.61 bits per heavy atom. The number of aryl methyl sites for hydroxylation is 2. The van der Waals surface area contributed by atoms with Gasteiger partial charge < -0.3 is 0 Å². The second kappa shape index (κ2) is 5.49. The van der Waals surface area contributed by atoms with Gasteiger partial charge in [-0.25, -0.2) is 0 Å². The van der Waals surface area contributed by atoms with Gasteiger partial charge in [-0.3, -0.25) is 10.1 Å². The standard InChI is InChI=1S/C14H18N4/c1-11-9-13(3)18(17-11)10-12(2)15-16-14-7-5-4-6-8-14/h4-9,16H,10H2,1-3H3/b15-12+. The van der Waals surface area contributed by atoms with Gasteiger partial charge in [0.1, 0.15) is 0 Å². The third kappa shape index (κ3) is 3.20. The van der Waals surface area contributed by atoms with Gasteiger partial charge in [-0.1, -0.05) is 18.2 Å². The molecule has 1 N–H and O–H groups in total. The Morgan fingerprint density at radius 1 is 1.28 bits per heavy atom. The van der Waals surface area contributed by atoms with E-state index in [4.69, 9.17) is 0 Å². The van der Waals surface area contributed by atoms with Crippen LogP contribution in [0.2, 0.25) is 0 Å². The molecule has 0 saturated carbocycles. The number of rotatable bonds is 4. The minimum Gasteiger partial charge on any atom is -0.279 e. The Hall–Kier alpha value is -2.10. The molecule has 1 heterocycles. The van der Waals surface area contributed by atoms with E-state index >= 15 is 0 Å². The van der Waals surface area contributed by atoms with E-state index < -0.39 is 0 Å². The SMILES string of the molecule is C/C(Cn1nc(C)cc1C)=N\Nc1ccccc1. The smallest absolute Gasteiger partial charge is 0.0810 e. The van der Waals surface area contributed by atoms with Crippen LogP contribution < -0.4 is 5.43 Å². The molecule has 94 valence electrons. The lowest BCUT2D eigenvalue weighted by molar-refractivity contribution is 0.690. The summed E-state index contributed by atoms with van der Waals surface area (Å²) in [5, 5.41) is 8.76. The molecule has 4 nitrogen and oxygen atoms in total. The molecule has 2 aromatic rings. The van der Waals surface area contributed by atoms with Gasteiger partial charge in [-0.15, -0.1) is 0 Å². The van der Waals surface area contributed by atoms with Crippen molar-refractivity contribution in [2.75, 3.05) is 5.43 Å². The number of hydrogen-bond donors (Lipinski definition) is 1. The van der Waals surface area contributed by atoms with Gasteiger partial charge in [0.15, 0.2) is 0 Å². The number of nitrogens with zero attached hydrogens (tertiary/aromatic N) is 3. The molecule has 2 rings (SSSR count). The second-order valence-corrected chi connectivity index (χ2v) is 4.41. The highest BCUT2D eigenvalue weighted by Gasteiger charge is 2.01. The zero-order chi connectivity index (χ0) is 13.0. The van der Waals surface area contributed by atoms with Crippen molar-refractivity contribution >= 4 is 11.4 Å². The Bertz CT molecular complexity index is 540. The molecule has 0 radical (unpaired) electrons. The third-order valence-corrected chi connectivity index (χ3v) is 2.63. The van der Waals surface area contributed by atoms with Crippen molar-refractivity contribution in [3.05, 3.63) is 47.8 Å². The molecular weight excluding hydrogens is 224 g/mol. The normalized spacial score (nSPS) is 11.6. The van der Waals surface area contributed by atoms with E-state index in [-0.39, 0.29) is 0 Å². The Morgan fingerprint density at radius 2 is 2.00 bits per heavy atom. The Balaban J connectivity index is 1.99. The first-order chi connectivity index (χ1) is 8.65. The van der Waals surface area contributed by atoms with Crippen molar-refractivity contribution in [1.29, 1.82) is 0 Å². The van der Waals surface area contributed by atoms with Crippen molar-refractivity contribution in [3.63, 3.8) is 0 Å². The van der Waals surface area contributed by atoms with Gasteiger partial charge in [0.2, 0.25) is 0 Å². The summed E-state index contributed by atoms with van der Waals surface area (Å²) in [5.41, 5.74) is 7.21. The van der Waals surface area contributed by atoms with Crippen molar-refractivity contribution in [2.45, 2.75) is 27.3 Å². The summed E-state index contributed by atoms with van der Waals surface area (Å²) in [6.07, 6.45) is 0. The highest BCUT2D eigenvalue weighted by molar-refractivity contribution is 5.82. The summed E-state index contributed by atoms with van der Waals surface area (Å²) in [6, 6.07) is 12.0. The number of aromatic nitrogens is 2. The van der Waals surface area contributed by atoms with Crippen LogP contribution in [0.25, 0.3) is 0 Å². The molecule has 4 heteroatoms. The molecule has 0 atom stereocenters. The van der Waals surface area contributed by atoms with Crippen LogP contribution in [0.4, 0.5) is 5.69 Å². The monoisotopic (exact) mass is 242 g/mol. The summed E-state index contributed by atoms with van der Waals surface area (Å²) in [4.78, 5) is 0. The van der Waals surface area contributed by atoms with E-state index in [1.165, 1.54) is 0 Å². The summed E-state index contributed by atoms with van der Waals surface area (Å²) in [5.74, 6) is 0. The number of anilines is 1. The average Bonchev–Trinajstić information content (AvgIpc) is 2.67. The maximum Gasteiger partial charge on any atom is 0.0810 e. The van der Waals surface area contributed by atoms with Crippen molar-refractivity contribution in [3.8, 4) is 0 Å². The lowest BCUT2D eigenvalue weighted by atomic mass is 10.3. The Labute approximate surface area is 107 Å². The van der Waals surface area contributed by atoms with Gasteiger partial charge in [0, 0.05) is 5.69 Å². The predicted molar refractivity (Wildman–Crippen MR) is 74.9 cm³/mol. The highest BCUT2D eigenvalue weighted by Crippen LogP contribution is 2.05. The quantitative estimate of drug-likeness (QED) is 0.661. The van der Waals surface area contributed by atoms with Crippen LogP contribution in [-0.4, -0.2) is 15.5 Å². The summed E-state index contributed by atoms with van der Waals surface area (Å²) in [6.45, 7) is 6.75. The van der Waals surface area contributed by atoms with Crippen LogP contribution in [-0.2, 0) is 6.54 Å². The molecule has 0 spiro atoms. The van der Waals surface area contributed by atoms with Gasteiger partial charge in [0.25, 0.3) is 0 Å². The van der Waals surface area contributed by atoms with Crippen LogP contribution in [0.15, 0.2) is 41.5 Å². The van der Waals surface area contributed by atoms with Gasteiger partial charge >= 0.3 is 0 Å². The molecule has 1 aromatic heterocycles. The fourth-order valence-corrected chi connectivity index (χ4v) is 1.76. The van der Waals surface area contributed by atoms with Crippen molar-refractivity contribution in [1.82, 2.24) is 9.78 Å². The van der Waals surface area contributed by atoms with E-state index in [1.807, 2.05) is 48.9 Å². The number of nitrogens with one attached hydrogen (secondary N) is 1. The van der Waals surface area contributed by atoms with Crippen LogP contribution in [0, 0.1) is 13.8 Å². The highest BCUT2D eigenvalue weighted by atomic mass is 15.3. The van der Waals surface area contributed by atoms with Gasteiger partial charge in [0.05, 0.1) is 23.6 Å². The largest absolute Gasteiger partial charge is 0.279 e. The molecule has 1 aromatic carbocycles. The van der Waals surface area contributed by atoms with E-state index in [9.17, 15) is 0 Å². The zero-order valence-electron chi connectivity index (χ0n) is 11.0.